The third-order valence-corrected chi connectivity index (χ3v) is 10.7. The summed E-state index contributed by atoms with van der Waals surface area (Å²) in [5.74, 6) is 0.938. The zero-order chi connectivity index (χ0) is 34.6. The quantitative estimate of drug-likeness (QED) is 0.186. The van der Waals surface area contributed by atoms with Gasteiger partial charge >= 0.3 is 0 Å². The molecule has 0 radical (unpaired) electrons. The molecule has 0 N–H and O–H groups in total. The molecule has 1 aliphatic rings. The number of rotatable bonds is 3. The molecule has 0 fully saturated rings. The molecule has 7 aromatic rings. The predicted octanol–water partition coefficient (Wildman–Crippen LogP) is 12.4. The first-order valence-electron chi connectivity index (χ1n) is 17.7. The molecule has 6 aromatic carbocycles. The molecular formula is C49H42O. The van der Waals surface area contributed by atoms with Gasteiger partial charge < -0.3 is 4.42 Å². The average Bonchev–Trinajstić information content (AvgIpc) is 3.58. The molecule has 0 unspecified atom stereocenters. The van der Waals surface area contributed by atoms with E-state index in [0.717, 1.165) is 16.7 Å². The summed E-state index contributed by atoms with van der Waals surface area (Å²) in [6, 6.07) is 44.4. The summed E-state index contributed by atoms with van der Waals surface area (Å²) in [5, 5.41) is 8.58. The van der Waals surface area contributed by atoms with Gasteiger partial charge in [-0.05, 0) is 111 Å². The number of benzene rings is 5. The molecule has 50 heavy (non-hydrogen) atoms. The molecule has 1 aromatic heterocycles. The summed E-state index contributed by atoms with van der Waals surface area (Å²) in [7, 11) is 0. The maximum atomic E-state index is 6.63. The summed E-state index contributed by atoms with van der Waals surface area (Å²) in [6.45, 7) is 13.3. The van der Waals surface area contributed by atoms with Crippen LogP contribution in [0, 0.1) is 6.92 Å². The van der Waals surface area contributed by atoms with Crippen LogP contribution in [0.2, 0.25) is 0 Å². The van der Waals surface area contributed by atoms with Crippen LogP contribution in [0.3, 0.4) is 0 Å². The van der Waals surface area contributed by atoms with E-state index < -0.39 is 0 Å². The molecule has 1 heteroatoms. The molecular weight excluding hydrogens is 605 g/mol. The molecule has 1 heterocycles. The second kappa shape index (κ2) is 12.3. The lowest BCUT2D eigenvalue weighted by Gasteiger charge is -2.23. The summed E-state index contributed by atoms with van der Waals surface area (Å²) in [5.41, 5.74) is 12.2. The fraction of sp³-hybridized carbons (Fsp3) is 0.143. The molecule has 0 bridgehead atoms. The third-order valence-electron chi connectivity index (χ3n) is 10.7. The highest BCUT2D eigenvalue weighted by Crippen LogP contribution is 2.56. The van der Waals surface area contributed by atoms with E-state index in [0.29, 0.717) is 0 Å². The van der Waals surface area contributed by atoms with Crippen LogP contribution in [-0.2, 0) is 5.41 Å². The Morgan fingerprint density at radius 3 is 1.94 bits per heavy atom. The van der Waals surface area contributed by atoms with Crippen LogP contribution in [0.15, 0.2) is 132 Å². The smallest absolute Gasteiger partial charge is 0.143 e. The van der Waals surface area contributed by atoms with Crippen molar-refractivity contribution >= 4 is 50.7 Å². The molecule has 1 aliphatic carbocycles. The highest BCUT2D eigenvalue weighted by Gasteiger charge is 2.40. The number of allylic oxidation sites excluding steroid dienone is 1. The minimum Gasteiger partial charge on any atom is -0.456 e. The van der Waals surface area contributed by atoms with Gasteiger partial charge in [0.15, 0.2) is 0 Å². The van der Waals surface area contributed by atoms with Gasteiger partial charge in [-0.15, -0.1) is 0 Å². The van der Waals surface area contributed by atoms with E-state index in [4.69, 9.17) is 4.42 Å². The lowest BCUT2D eigenvalue weighted by Crippen LogP contribution is -2.27. The standard InChI is InChI=1S/C49H42O/c1-7-19-44-31(4)45-47-46(40-25-16-17-26-41(40)48(45)50-44)42-30-33(28-29-43(42)49(47,5)6)37-22-12-10-11-13-24-38(35(9-3)34(37)8-2)39-27-18-21-32-20-14-15-23-36(32)39/h7-30H,1-6H3/b12-10?,13-11?,19-7-,34-8?,35-9+,37-22?,38-24?. The fourth-order valence-electron chi connectivity index (χ4n) is 8.46. The van der Waals surface area contributed by atoms with Gasteiger partial charge in [-0.1, -0.05) is 147 Å². The molecule has 0 aliphatic heterocycles. The predicted molar refractivity (Wildman–Crippen MR) is 216 cm³/mol. The van der Waals surface area contributed by atoms with Gasteiger partial charge in [-0.25, -0.2) is 0 Å². The Bertz CT molecular complexity index is 2710. The van der Waals surface area contributed by atoms with Gasteiger partial charge in [0.25, 0.3) is 0 Å². The van der Waals surface area contributed by atoms with E-state index >= 15 is 0 Å². The zero-order valence-electron chi connectivity index (χ0n) is 29.8. The lowest BCUT2D eigenvalue weighted by molar-refractivity contribution is 0.603. The van der Waals surface area contributed by atoms with E-state index in [9.17, 15) is 0 Å². The molecule has 0 amide bonds. The van der Waals surface area contributed by atoms with E-state index in [2.05, 4.69) is 187 Å². The van der Waals surface area contributed by atoms with E-state index in [-0.39, 0.29) is 5.41 Å². The van der Waals surface area contributed by atoms with E-state index in [1.54, 1.807) is 0 Å². The van der Waals surface area contributed by atoms with E-state index in [1.807, 2.05) is 0 Å². The van der Waals surface area contributed by atoms with Gasteiger partial charge in [0.2, 0.25) is 0 Å². The van der Waals surface area contributed by atoms with Crippen LogP contribution in [0.25, 0.3) is 84.1 Å². The number of fused-ring (bicyclic) bond motifs is 9. The highest BCUT2D eigenvalue weighted by molar-refractivity contribution is 6.17. The molecule has 0 spiro atoms. The Morgan fingerprint density at radius 1 is 0.580 bits per heavy atom. The van der Waals surface area contributed by atoms with Gasteiger partial charge in [-0.3, -0.25) is 0 Å². The summed E-state index contributed by atoms with van der Waals surface area (Å²) < 4.78 is 6.63. The largest absolute Gasteiger partial charge is 0.456 e. The first-order chi connectivity index (χ1) is 24.4. The third kappa shape index (κ3) is 4.76. The van der Waals surface area contributed by atoms with Crippen LogP contribution < -0.4 is 10.4 Å². The van der Waals surface area contributed by atoms with E-state index in [1.165, 1.54) is 82.1 Å². The normalized spacial score (nSPS) is 14.1. The highest BCUT2D eigenvalue weighted by atomic mass is 16.3. The van der Waals surface area contributed by atoms with Crippen molar-refractivity contribution in [2.24, 2.45) is 0 Å². The van der Waals surface area contributed by atoms with Gasteiger partial charge in [0.05, 0.1) is 0 Å². The molecule has 0 saturated carbocycles. The van der Waals surface area contributed by atoms with Crippen molar-refractivity contribution in [3.63, 3.8) is 0 Å². The van der Waals surface area contributed by atoms with Crippen LogP contribution in [-0.4, -0.2) is 0 Å². The van der Waals surface area contributed by atoms with Crippen LogP contribution in [0.4, 0.5) is 0 Å². The summed E-state index contributed by atoms with van der Waals surface area (Å²) >= 11 is 0. The molecule has 1 nitrogen and oxygen atoms in total. The number of hydrogen-bond acceptors (Lipinski definition) is 1. The summed E-state index contributed by atoms with van der Waals surface area (Å²) in [6.07, 6.45) is 8.71. The van der Waals surface area contributed by atoms with Crippen molar-refractivity contribution in [2.75, 3.05) is 0 Å². The van der Waals surface area contributed by atoms with Crippen molar-refractivity contribution < 1.29 is 4.42 Å². The van der Waals surface area contributed by atoms with Gasteiger partial charge in [-0.2, -0.15) is 0 Å². The van der Waals surface area contributed by atoms with Crippen LogP contribution in [0.5, 0.6) is 0 Å². The molecule has 0 atom stereocenters. The van der Waals surface area contributed by atoms with Gasteiger partial charge in [0.1, 0.15) is 11.3 Å². The topological polar surface area (TPSA) is 13.1 Å². The lowest BCUT2D eigenvalue weighted by atomic mass is 9.79. The maximum Gasteiger partial charge on any atom is 0.143 e. The second-order valence-corrected chi connectivity index (χ2v) is 13.8. The van der Waals surface area contributed by atoms with Crippen molar-refractivity contribution in [3.8, 4) is 33.4 Å². The maximum absolute atomic E-state index is 6.63. The molecule has 244 valence electrons. The van der Waals surface area contributed by atoms with Gasteiger partial charge in [0, 0.05) is 21.8 Å². The van der Waals surface area contributed by atoms with Crippen molar-refractivity contribution in [1.82, 2.24) is 0 Å². The van der Waals surface area contributed by atoms with Crippen molar-refractivity contribution in [1.29, 1.82) is 0 Å². The van der Waals surface area contributed by atoms with Crippen molar-refractivity contribution in [3.05, 3.63) is 160 Å². The van der Waals surface area contributed by atoms with Crippen LogP contribution in [0.1, 0.15) is 57.1 Å². The Hall–Kier alpha value is -5.66. The molecule has 0 saturated heterocycles. The first kappa shape index (κ1) is 31.6. The summed E-state index contributed by atoms with van der Waals surface area (Å²) in [4.78, 5) is 0. The number of furan rings is 1. The average molecular weight is 647 g/mol. The minimum absolute atomic E-state index is 0.203. The minimum atomic E-state index is -0.203. The first-order valence-corrected chi connectivity index (χ1v) is 17.7. The Labute approximate surface area is 294 Å². The fourth-order valence-corrected chi connectivity index (χ4v) is 8.46. The number of aryl methyl sites for hydroxylation is 1. The Balaban J connectivity index is 1.46. The SMILES string of the molecule is CC=c1c(-c2ccc3c(c2)-c2c(c4c(C)c(/C=C\C)oc4c4ccccc24)C3(C)C)ccccccc(-c2cccc3ccccc23)/c1=C/C. The Morgan fingerprint density at radius 2 is 1.20 bits per heavy atom. The monoisotopic (exact) mass is 646 g/mol. The number of hydrogen-bond donors (Lipinski definition) is 0. The van der Waals surface area contributed by atoms with Crippen molar-refractivity contribution in [2.45, 2.75) is 47.0 Å². The molecule has 8 rings (SSSR count). The van der Waals surface area contributed by atoms with Crippen LogP contribution >= 0.6 is 0 Å². The second-order valence-electron chi connectivity index (χ2n) is 13.8. The zero-order valence-corrected chi connectivity index (χ0v) is 29.8. The Kier molecular flexibility index (Phi) is 7.80.